The summed E-state index contributed by atoms with van der Waals surface area (Å²) in [6, 6.07) is 10.3. The van der Waals surface area contributed by atoms with Crippen LogP contribution in [0.25, 0.3) is 0 Å². The molecule has 0 aliphatic rings. The van der Waals surface area contributed by atoms with Crippen molar-refractivity contribution in [3.8, 4) is 0 Å². The first-order valence-electron chi connectivity index (χ1n) is 8.75. The molecular weight excluding hydrogens is 331 g/mol. The van der Waals surface area contributed by atoms with Crippen LogP contribution in [0.5, 0.6) is 0 Å². The van der Waals surface area contributed by atoms with E-state index in [2.05, 4.69) is 12.2 Å². The molecule has 0 spiro atoms. The summed E-state index contributed by atoms with van der Waals surface area (Å²) in [5.41, 5.74) is 4.21. The molecule has 1 aromatic carbocycles. The Morgan fingerprint density at radius 2 is 1.96 bits per heavy atom. The zero-order valence-corrected chi connectivity index (χ0v) is 15.3. The van der Waals surface area contributed by atoms with Crippen LogP contribution in [0.2, 0.25) is 0 Å². The van der Waals surface area contributed by atoms with E-state index < -0.39 is 0 Å². The van der Waals surface area contributed by atoms with Crippen molar-refractivity contribution in [3.63, 3.8) is 0 Å². The zero-order chi connectivity index (χ0) is 18.7. The fraction of sp³-hybridized carbons (Fsp3) is 0.286. The predicted octanol–water partition coefficient (Wildman–Crippen LogP) is 4.38. The van der Waals surface area contributed by atoms with E-state index in [1.54, 1.807) is 24.5 Å². The third kappa shape index (κ3) is 3.43. The molecule has 5 heteroatoms. The molecule has 0 radical (unpaired) electrons. The molecule has 1 N–H and O–H groups in total. The molecular formula is C21H23FN2O2. The topological polar surface area (TPSA) is 47.2 Å². The molecule has 0 aliphatic carbocycles. The molecule has 4 nitrogen and oxygen atoms in total. The lowest BCUT2D eigenvalue weighted by Crippen LogP contribution is -2.26. The number of nitrogens with zero attached hydrogens (tertiary/aromatic N) is 1. The minimum absolute atomic E-state index is 0.182. The quantitative estimate of drug-likeness (QED) is 0.714. The summed E-state index contributed by atoms with van der Waals surface area (Å²) in [7, 11) is 0. The highest BCUT2D eigenvalue weighted by Crippen LogP contribution is 2.25. The van der Waals surface area contributed by atoms with E-state index in [1.807, 2.05) is 30.5 Å². The van der Waals surface area contributed by atoms with E-state index in [-0.39, 0.29) is 11.7 Å². The van der Waals surface area contributed by atoms with Gasteiger partial charge in [0, 0.05) is 11.3 Å². The van der Waals surface area contributed by atoms with Gasteiger partial charge in [-0.1, -0.05) is 25.1 Å². The molecule has 2 aromatic heterocycles. The molecule has 0 atom stereocenters. The first-order chi connectivity index (χ1) is 12.5. The fourth-order valence-electron chi connectivity index (χ4n) is 3.42. The maximum absolute atomic E-state index is 14.1. The van der Waals surface area contributed by atoms with Crippen molar-refractivity contribution in [1.29, 1.82) is 0 Å². The number of amides is 1. The number of aromatic nitrogens is 1. The largest absolute Gasteiger partial charge is 0.467 e. The van der Waals surface area contributed by atoms with Crippen LogP contribution in [0.15, 0.2) is 47.1 Å². The lowest BCUT2D eigenvalue weighted by molar-refractivity contribution is 0.0938. The molecule has 0 saturated heterocycles. The summed E-state index contributed by atoms with van der Waals surface area (Å²) in [6.07, 6.45) is 2.40. The first-order valence-corrected chi connectivity index (χ1v) is 8.75. The van der Waals surface area contributed by atoms with Gasteiger partial charge in [-0.05, 0) is 49.6 Å². The number of carbonyl (C=O) groups excluding carboxylic acids is 1. The minimum atomic E-state index is -0.266. The van der Waals surface area contributed by atoms with E-state index in [4.69, 9.17) is 4.42 Å². The van der Waals surface area contributed by atoms with Gasteiger partial charge in [0.15, 0.2) is 0 Å². The standard InChI is InChI=1S/C21H23FN2O2/c1-4-18-14(2)20(21(25)23-12-17-9-7-11-26-17)24(15(18)3)13-16-8-5-6-10-19(16)22/h5-11H,4,12-13H2,1-3H3,(H,23,25). The van der Waals surface area contributed by atoms with Gasteiger partial charge in [-0.3, -0.25) is 4.79 Å². The van der Waals surface area contributed by atoms with Crippen molar-refractivity contribution in [2.24, 2.45) is 0 Å². The molecule has 0 saturated carbocycles. The molecule has 26 heavy (non-hydrogen) atoms. The normalized spacial score (nSPS) is 10.9. The Balaban J connectivity index is 1.95. The van der Waals surface area contributed by atoms with Crippen LogP contribution < -0.4 is 5.32 Å². The second-order valence-corrected chi connectivity index (χ2v) is 6.33. The molecule has 0 unspecified atom stereocenters. The third-order valence-corrected chi connectivity index (χ3v) is 4.78. The lowest BCUT2D eigenvalue weighted by Gasteiger charge is -2.13. The number of benzene rings is 1. The molecule has 0 aliphatic heterocycles. The highest BCUT2D eigenvalue weighted by Gasteiger charge is 2.22. The number of nitrogens with one attached hydrogen (secondary N) is 1. The second-order valence-electron chi connectivity index (χ2n) is 6.33. The van der Waals surface area contributed by atoms with Crippen LogP contribution in [0.4, 0.5) is 4.39 Å². The smallest absolute Gasteiger partial charge is 0.268 e. The van der Waals surface area contributed by atoms with E-state index in [0.717, 1.165) is 23.2 Å². The summed E-state index contributed by atoms with van der Waals surface area (Å²) in [6.45, 7) is 6.63. The van der Waals surface area contributed by atoms with Crippen molar-refractivity contribution >= 4 is 5.91 Å². The average Bonchev–Trinajstić information content (AvgIpc) is 3.22. The predicted molar refractivity (Wildman–Crippen MR) is 98.7 cm³/mol. The van der Waals surface area contributed by atoms with Gasteiger partial charge in [0.2, 0.25) is 0 Å². The molecule has 2 heterocycles. The average molecular weight is 354 g/mol. The van der Waals surface area contributed by atoms with Crippen molar-refractivity contribution in [3.05, 3.63) is 82.3 Å². The second kappa shape index (κ2) is 7.60. The van der Waals surface area contributed by atoms with Gasteiger partial charge >= 0.3 is 0 Å². The number of furan rings is 1. The van der Waals surface area contributed by atoms with Gasteiger partial charge in [-0.2, -0.15) is 0 Å². The van der Waals surface area contributed by atoms with Crippen LogP contribution in [0.1, 0.15) is 45.6 Å². The van der Waals surface area contributed by atoms with Crippen LogP contribution in [0.3, 0.4) is 0 Å². The fourth-order valence-corrected chi connectivity index (χ4v) is 3.42. The first kappa shape index (κ1) is 18.0. The third-order valence-electron chi connectivity index (χ3n) is 4.78. The van der Waals surface area contributed by atoms with E-state index in [9.17, 15) is 9.18 Å². The van der Waals surface area contributed by atoms with E-state index >= 15 is 0 Å². The van der Waals surface area contributed by atoms with E-state index in [0.29, 0.717) is 30.1 Å². The number of hydrogen-bond donors (Lipinski definition) is 1. The van der Waals surface area contributed by atoms with Crippen molar-refractivity contribution in [2.75, 3.05) is 0 Å². The molecule has 0 bridgehead atoms. The highest BCUT2D eigenvalue weighted by atomic mass is 19.1. The number of halogens is 1. The van der Waals surface area contributed by atoms with Gasteiger partial charge in [0.1, 0.15) is 17.3 Å². The Morgan fingerprint density at radius 1 is 1.19 bits per heavy atom. The number of rotatable bonds is 6. The Kier molecular flexibility index (Phi) is 5.26. The highest BCUT2D eigenvalue weighted by molar-refractivity contribution is 5.95. The van der Waals surface area contributed by atoms with E-state index in [1.165, 1.54) is 6.07 Å². The lowest BCUT2D eigenvalue weighted by atomic mass is 10.1. The van der Waals surface area contributed by atoms with Gasteiger partial charge in [0.05, 0.1) is 19.4 Å². The summed E-state index contributed by atoms with van der Waals surface area (Å²) < 4.78 is 21.3. The number of carbonyl (C=O) groups is 1. The summed E-state index contributed by atoms with van der Waals surface area (Å²) in [4.78, 5) is 12.9. The van der Waals surface area contributed by atoms with Gasteiger partial charge in [-0.15, -0.1) is 0 Å². The van der Waals surface area contributed by atoms with Crippen LogP contribution in [-0.2, 0) is 19.5 Å². The molecule has 3 aromatic rings. The van der Waals surface area contributed by atoms with Crippen LogP contribution >= 0.6 is 0 Å². The number of hydrogen-bond acceptors (Lipinski definition) is 2. The minimum Gasteiger partial charge on any atom is -0.467 e. The maximum Gasteiger partial charge on any atom is 0.268 e. The van der Waals surface area contributed by atoms with Crippen LogP contribution in [-0.4, -0.2) is 10.5 Å². The van der Waals surface area contributed by atoms with Crippen molar-refractivity contribution < 1.29 is 13.6 Å². The SMILES string of the molecule is CCc1c(C)c(C(=O)NCc2ccco2)n(Cc2ccccc2F)c1C. The summed E-state index contributed by atoms with van der Waals surface area (Å²) >= 11 is 0. The molecule has 136 valence electrons. The Morgan fingerprint density at radius 3 is 2.62 bits per heavy atom. The Labute approximate surface area is 152 Å². The maximum atomic E-state index is 14.1. The van der Waals surface area contributed by atoms with Gasteiger partial charge in [-0.25, -0.2) is 4.39 Å². The molecule has 1 amide bonds. The van der Waals surface area contributed by atoms with Crippen molar-refractivity contribution in [2.45, 2.75) is 40.3 Å². The summed E-state index contributed by atoms with van der Waals surface area (Å²) in [5, 5.41) is 2.90. The molecule has 0 fully saturated rings. The Hall–Kier alpha value is -2.82. The monoisotopic (exact) mass is 354 g/mol. The van der Waals surface area contributed by atoms with Crippen LogP contribution in [0, 0.1) is 19.7 Å². The van der Waals surface area contributed by atoms with Crippen molar-refractivity contribution in [1.82, 2.24) is 9.88 Å². The summed E-state index contributed by atoms with van der Waals surface area (Å²) in [5.74, 6) is 0.243. The Bertz CT molecular complexity index is 910. The van der Waals surface area contributed by atoms with Gasteiger partial charge < -0.3 is 14.3 Å². The van der Waals surface area contributed by atoms with Gasteiger partial charge in [0.25, 0.3) is 5.91 Å². The zero-order valence-electron chi connectivity index (χ0n) is 15.3. The molecule has 3 rings (SSSR count).